The summed E-state index contributed by atoms with van der Waals surface area (Å²) in [6.45, 7) is -1.01. The van der Waals surface area contributed by atoms with Gasteiger partial charge in [-0.05, 0) is 59.7 Å². The van der Waals surface area contributed by atoms with E-state index in [1.165, 1.54) is 36.4 Å². The SMILES string of the molecule is O=[N+]([O-])c1cc([N+](=O)[O-])c2cc1Nc1cc(CO)cc(c1)Nc1cc(c([N+](=O)[O-])cc1[N+](=O)[O-])Nc1cc(CO)cc(c1)N2. The lowest BCUT2D eigenvalue weighted by atomic mass is 10.1. The number of rotatable bonds is 6. The van der Waals surface area contributed by atoms with Crippen molar-refractivity contribution in [3.63, 3.8) is 0 Å². The average Bonchev–Trinajstić information content (AvgIpc) is 2.96. The molecule has 0 saturated carbocycles. The molecule has 0 saturated heterocycles. The van der Waals surface area contributed by atoms with Crippen molar-refractivity contribution in [1.82, 2.24) is 0 Å². The number of aliphatic hydroxyl groups is 2. The molecule has 0 fully saturated rings. The van der Waals surface area contributed by atoms with Crippen LogP contribution in [0.5, 0.6) is 0 Å². The lowest BCUT2D eigenvalue weighted by molar-refractivity contribution is -0.393. The van der Waals surface area contributed by atoms with E-state index in [0.717, 1.165) is 24.3 Å². The monoisotopic (exact) mass is 604 g/mol. The van der Waals surface area contributed by atoms with Crippen LogP contribution >= 0.6 is 0 Å². The van der Waals surface area contributed by atoms with Crippen LogP contribution in [-0.4, -0.2) is 29.9 Å². The fourth-order valence-electron chi connectivity index (χ4n) is 4.64. The predicted octanol–water partition coefficient (Wildman–Crippen LogP) is 5.59. The summed E-state index contributed by atoms with van der Waals surface area (Å²) in [6.07, 6.45) is 0. The van der Waals surface area contributed by atoms with Crippen LogP contribution in [0.15, 0.2) is 60.7 Å². The third-order valence-corrected chi connectivity index (χ3v) is 6.48. The van der Waals surface area contributed by atoms with Crippen molar-refractivity contribution in [2.24, 2.45) is 0 Å². The molecule has 8 bridgehead atoms. The van der Waals surface area contributed by atoms with E-state index in [4.69, 9.17) is 0 Å². The standard InChI is InChI=1S/C26H20N8O10/c35-11-13-1-15-5-16(2-13)28-21-8-22(26(34(43)44)10-25(21)33(41)42)30-18-4-14(12-36)3-17(6-18)29-20-7-19(27-15)23(31(37)38)9-24(20)32(39)40/h1-10,27-30,35-36H,11-12H2. The molecule has 6 N–H and O–H groups in total. The summed E-state index contributed by atoms with van der Waals surface area (Å²) in [7, 11) is 0. The Balaban J connectivity index is 1.82. The van der Waals surface area contributed by atoms with Gasteiger partial charge < -0.3 is 31.5 Å². The van der Waals surface area contributed by atoms with Gasteiger partial charge in [0.05, 0.1) is 45.0 Å². The summed E-state index contributed by atoms with van der Waals surface area (Å²) in [5, 5.41) is 78.7. The molecule has 44 heavy (non-hydrogen) atoms. The molecule has 4 aromatic rings. The van der Waals surface area contributed by atoms with Crippen molar-refractivity contribution >= 4 is 68.2 Å². The predicted molar refractivity (Wildman–Crippen MR) is 157 cm³/mol. The van der Waals surface area contributed by atoms with Crippen LogP contribution in [0.2, 0.25) is 0 Å². The van der Waals surface area contributed by atoms with E-state index in [0.29, 0.717) is 0 Å². The van der Waals surface area contributed by atoms with Crippen molar-refractivity contribution in [3.05, 3.63) is 112 Å². The van der Waals surface area contributed by atoms with Crippen molar-refractivity contribution in [2.45, 2.75) is 13.2 Å². The normalized spacial score (nSPS) is 11.7. The van der Waals surface area contributed by atoms with E-state index in [1.807, 2.05) is 0 Å². The molecule has 5 rings (SSSR count). The molecule has 0 spiro atoms. The Morgan fingerprint density at radius 1 is 0.432 bits per heavy atom. The highest BCUT2D eigenvalue weighted by Crippen LogP contribution is 2.42. The van der Waals surface area contributed by atoms with E-state index in [9.17, 15) is 50.7 Å². The number of hydrogen-bond donors (Lipinski definition) is 6. The van der Waals surface area contributed by atoms with Gasteiger partial charge in [-0.1, -0.05) is 0 Å². The summed E-state index contributed by atoms with van der Waals surface area (Å²) in [6, 6.07) is 12.3. The fourth-order valence-corrected chi connectivity index (χ4v) is 4.64. The maximum Gasteiger partial charge on any atom is 0.299 e. The topological polar surface area (TPSA) is 261 Å². The number of fused-ring (bicyclic) bond motifs is 8. The first kappa shape index (κ1) is 29.1. The van der Waals surface area contributed by atoms with Gasteiger partial charge in [-0.2, -0.15) is 0 Å². The zero-order valence-electron chi connectivity index (χ0n) is 22.1. The number of nitro benzene ring substituents is 4. The van der Waals surface area contributed by atoms with Gasteiger partial charge in [-0.25, -0.2) is 0 Å². The molecule has 1 aliphatic heterocycles. The molecule has 18 heteroatoms. The average molecular weight is 604 g/mol. The Bertz CT molecular complexity index is 1630. The van der Waals surface area contributed by atoms with Gasteiger partial charge >= 0.3 is 0 Å². The summed E-state index contributed by atoms with van der Waals surface area (Å²) in [5.41, 5.74) is -2.09. The third kappa shape index (κ3) is 5.82. The zero-order chi connectivity index (χ0) is 31.7. The minimum absolute atomic E-state index is 0.154. The first-order valence-corrected chi connectivity index (χ1v) is 12.5. The lowest BCUT2D eigenvalue weighted by Gasteiger charge is -2.17. The minimum atomic E-state index is -0.817. The Labute approximate surface area is 245 Å². The molecule has 0 unspecified atom stereocenters. The molecule has 1 heterocycles. The first-order chi connectivity index (χ1) is 20.9. The van der Waals surface area contributed by atoms with Crippen molar-refractivity contribution in [2.75, 3.05) is 21.3 Å². The number of anilines is 8. The maximum atomic E-state index is 11.9. The van der Waals surface area contributed by atoms with E-state index in [1.54, 1.807) is 0 Å². The van der Waals surface area contributed by atoms with E-state index in [-0.39, 0.29) is 56.6 Å². The maximum absolute atomic E-state index is 11.9. The zero-order valence-corrected chi connectivity index (χ0v) is 22.1. The van der Waals surface area contributed by atoms with Crippen LogP contribution in [0.3, 0.4) is 0 Å². The summed E-state index contributed by atoms with van der Waals surface area (Å²) in [5.74, 6) is 0. The minimum Gasteiger partial charge on any atom is -0.392 e. The van der Waals surface area contributed by atoms with Crippen molar-refractivity contribution in [1.29, 1.82) is 0 Å². The lowest BCUT2D eigenvalue weighted by Crippen LogP contribution is -2.06. The van der Waals surface area contributed by atoms with Gasteiger partial charge in [0.1, 0.15) is 22.7 Å². The molecule has 0 aliphatic carbocycles. The highest BCUT2D eigenvalue weighted by molar-refractivity contribution is 5.86. The number of nitro groups is 4. The third-order valence-electron chi connectivity index (χ3n) is 6.48. The van der Waals surface area contributed by atoms with Gasteiger partial charge in [-0.15, -0.1) is 0 Å². The Morgan fingerprint density at radius 3 is 0.886 bits per heavy atom. The number of benzene rings is 4. The summed E-state index contributed by atoms with van der Waals surface area (Å²) < 4.78 is 0. The molecule has 18 nitrogen and oxygen atoms in total. The van der Waals surface area contributed by atoms with Crippen LogP contribution in [0.25, 0.3) is 0 Å². The largest absolute Gasteiger partial charge is 0.392 e. The van der Waals surface area contributed by atoms with Gasteiger partial charge in [0.15, 0.2) is 0 Å². The second-order valence-corrected chi connectivity index (χ2v) is 9.45. The molecule has 4 aromatic carbocycles. The molecular weight excluding hydrogens is 584 g/mol. The van der Waals surface area contributed by atoms with Gasteiger partial charge in [0.25, 0.3) is 22.7 Å². The molecule has 224 valence electrons. The Kier molecular flexibility index (Phi) is 7.59. The molecule has 0 radical (unpaired) electrons. The molecule has 0 amide bonds. The van der Waals surface area contributed by atoms with Crippen molar-refractivity contribution in [3.8, 4) is 0 Å². The highest BCUT2D eigenvalue weighted by atomic mass is 16.6. The van der Waals surface area contributed by atoms with E-state index < -0.39 is 55.7 Å². The van der Waals surface area contributed by atoms with Crippen LogP contribution in [0, 0.1) is 40.5 Å². The second kappa shape index (κ2) is 11.5. The Hall–Kier alpha value is -6.40. The Morgan fingerprint density at radius 2 is 0.682 bits per heavy atom. The molecule has 0 atom stereocenters. The van der Waals surface area contributed by atoms with Gasteiger partial charge in [0, 0.05) is 22.7 Å². The summed E-state index contributed by atoms with van der Waals surface area (Å²) >= 11 is 0. The van der Waals surface area contributed by atoms with Crippen LogP contribution in [0.4, 0.5) is 68.2 Å². The van der Waals surface area contributed by atoms with Gasteiger partial charge in [-0.3, -0.25) is 40.5 Å². The van der Waals surface area contributed by atoms with Gasteiger partial charge in [0.2, 0.25) is 0 Å². The number of nitrogens with zero attached hydrogens (tertiary/aromatic N) is 4. The smallest absolute Gasteiger partial charge is 0.299 e. The van der Waals surface area contributed by atoms with Crippen LogP contribution in [0.1, 0.15) is 11.1 Å². The molecule has 1 aliphatic rings. The first-order valence-electron chi connectivity index (χ1n) is 12.5. The number of aliphatic hydroxyl groups excluding tert-OH is 2. The number of nitrogens with one attached hydrogen (secondary N) is 4. The van der Waals surface area contributed by atoms with Crippen LogP contribution in [-0.2, 0) is 13.2 Å². The quantitative estimate of drug-likeness (QED) is 0.102. The molecular formula is C26H20N8O10. The molecule has 0 aromatic heterocycles. The fraction of sp³-hybridized carbons (Fsp3) is 0.0769. The summed E-state index contributed by atoms with van der Waals surface area (Å²) in [4.78, 5) is 44.4. The van der Waals surface area contributed by atoms with E-state index in [2.05, 4.69) is 21.3 Å². The van der Waals surface area contributed by atoms with Crippen LogP contribution < -0.4 is 21.3 Å². The van der Waals surface area contributed by atoms with E-state index >= 15 is 0 Å². The highest BCUT2D eigenvalue weighted by Gasteiger charge is 2.28. The second-order valence-electron chi connectivity index (χ2n) is 9.45. The number of hydrogen-bond acceptors (Lipinski definition) is 14. The van der Waals surface area contributed by atoms with Crippen molar-refractivity contribution < 1.29 is 29.9 Å².